The average Bonchev–Trinajstić information content (AvgIpc) is 2.96. The van der Waals surface area contributed by atoms with Gasteiger partial charge >= 0.3 is 11.7 Å². The van der Waals surface area contributed by atoms with Gasteiger partial charge in [0, 0.05) is 13.1 Å². The van der Waals surface area contributed by atoms with Crippen LogP contribution in [-0.4, -0.2) is 56.1 Å². The number of rotatable bonds is 3. The van der Waals surface area contributed by atoms with Gasteiger partial charge in [0.25, 0.3) is 5.91 Å². The molecule has 11 heteroatoms. The molecule has 2 aliphatic rings. The van der Waals surface area contributed by atoms with Crippen molar-refractivity contribution in [2.24, 2.45) is 0 Å². The van der Waals surface area contributed by atoms with Crippen molar-refractivity contribution in [3.63, 3.8) is 0 Å². The van der Waals surface area contributed by atoms with E-state index in [1.54, 1.807) is 11.8 Å². The summed E-state index contributed by atoms with van der Waals surface area (Å²) in [5.41, 5.74) is -0.439. The number of nitrogens with zero attached hydrogens (tertiary/aromatic N) is 4. The molecule has 3 heterocycles. The van der Waals surface area contributed by atoms with Crippen LogP contribution < -0.4 is 10.6 Å². The number of carbonyl (C=O) groups excluding carboxylic acids is 3. The minimum absolute atomic E-state index is 0.0873. The SMILES string of the molecule is Cc1nn(CC(=O)N2CCC3(CC2)NC(=O)NC3=O)c(C)c1[N+](=O)[O-]. The molecule has 2 fully saturated rings. The van der Waals surface area contributed by atoms with Crippen LogP contribution in [0, 0.1) is 24.0 Å². The molecule has 0 bridgehead atoms. The van der Waals surface area contributed by atoms with E-state index >= 15 is 0 Å². The van der Waals surface area contributed by atoms with Crippen LogP contribution in [0.1, 0.15) is 24.2 Å². The van der Waals surface area contributed by atoms with Gasteiger partial charge in [-0.05, 0) is 26.7 Å². The second-order valence-corrected chi connectivity index (χ2v) is 6.31. The molecule has 2 saturated heterocycles. The Morgan fingerprint density at radius 2 is 1.96 bits per heavy atom. The average molecular weight is 350 g/mol. The van der Waals surface area contributed by atoms with E-state index in [1.165, 1.54) is 11.6 Å². The van der Waals surface area contributed by atoms with Crippen LogP contribution in [0.2, 0.25) is 0 Å². The molecule has 134 valence electrons. The highest BCUT2D eigenvalue weighted by Gasteiger charge is 2.48. The Kier molecular flexibility index (Phi) is 3.93. The molecule has 11 nitrogen and oxygen atoms in total. The largest absolute Gasteiger partial charge is 0.341 e. The van der Waals surface area contributed by atoms with Crippen molar-refractivity contribution in [1.82, 2.24) is 25.3 Å². The number of nitrogens with one attached hydrogen (secondary N) is 2. The molecule has 2 N–H and O–H groups in total. The maximum Gasteiger partial charge on any atom is 0.322 e. The standard InChI is InChI=1S/C14H18N6O5/c1-8-11(20(24)25)9(2)19(17-8)7-10(21)18-5-3-14(4-6-18)12(22)15-13(23)16-14/h3-7H2,1-2H3,(H2,15,16,22,23). The summed E-state index contributed by atoms with van der Waals surface area (Å²) in [4.78, 5) is 47.8. The molecule has 0 atom stereocenters. The quantitative estimate of drug-likeness (QED) is 0.432. The maximum absolute atomic E-state index is 12.5. The lowest BCUT2D eigenvalue weighted by atomic mass is 9.88. The minimum atomic E-state index is -0.940. The smallest absolute Gasteiger partial charge is 0.322 e. The molecule has 4 amide bonds. The molecule has 0 unspecified atom stereocenters. The lowest BCUT2D eigenvalue weighted by Crippen LogP contribution is -2.56. The summed E-state index contributed by atoms with van der Waals surface area (Å²) in [6.07, 6.45) is 0.654. The van der Waals surface area contributed by atoms with Gasteiger partial charge in [0.05, 0.1) is 4.92 Å². The van der Waals surface area contributed by atoms with Gasteiger partial charge in [-0.25, -0.2) is 4.79 Å². The molecule has 0 aromatic carbocycles. The summed E-state index contributed by atoms with van der Waals surface area (Å²) < 4.78 is 1.32. The van der Waals surface area contributed by atoms with Gasteiger partial charge < -0.3 is 10.2 Å². The van der Waals surface area contributed by atoms with E-state index in [-0.39, 0.29) is 29.7 Å². The van der Waals surface area contributed by atoms with Crippen molar-refractivity contribution < 1.29 is 19.3 Å². The first kappa shape index (κ1) is 16.9. The molecule has 2 aliphatic heterocycles. The van der Waals surface area contributed by atoms with Crippen molar-refractivity contribution in [2.45, 2.75) is 38.8 Å². The summed E-state index contributed by atoms with van der Waals surface area (Å²) in [6.45, 7) is 3.60. The molecule has 0 saturated carbocycles. The van der Waals surface area contributed by atoms with Crippen LogP contribution in [-0.2, 0) is 16.1 Å². The molecule has 1 aromatic heterocycles. The number of aromatic nitrogens is 2. The first-order valence-corrected chi connectivity index (χ1v) is 7.83. The fourth-order valence-electron chi connectivity index (χ4n) is 3.35. The van der Waals surface area contributed by atoms with Crippen LogP contribution in [0.15, 0.2) is 0 Å². The molecular weight excluding hydrogens is 332 g/mol. The fraction of sp³-hybridized carbons (Fsp3) is 0.571. The molecule has 1 spiro atoms. The molecule has 3 rings (SSSR count). The zero-order valence-electron chi connectivity index (χ0n) is 13.9. The Hall–Kier alpha value is -2.98. The Morgan fingerprint density at radius 3 is 2.44 bits per heavy atom. The predicted octanol–water partition coefficient (Wildman–Crippen LogP) is -0.391. The second kappa shape index (κ2) is 5.83. The highest BCUT2D eigenvalue weighted by Crippen LogP contribution is 2.26. The summed E-state index contributed by atoms with van der Waals surface area (Å²) in [6, 6.07) is -0.514. The summed E-state index contributed by atoms with van der Waals surface area (Å²) in [5, 5.41) is 19.9. The van der Waals surface area contributed by atoms with Crippen molar-refractivity contribution in [1.29, 1.82) is 0 Å². The minimum Gasteiger partial charge on any atom is -0.341 e. The lowest BCUT2D eigenvalue weighted by Gasteiger charge is -2.37. The third-order valence-corrected chi connectivity index (χ3v) is 4.80. The zero-order chi connectivity index (χ0) is 18.4. The van der Waals surface area contributed by atoms with Gasteiger partial charge in [-0.2, -0.15) is 5.10 Å². The van der Waals surface area contributed by atoms with Gasteiger partial charge in [0.15, 0.2) is 0 Å². The maximum atomic E-state index is 12.5. The van der Waals surface area contributed by atoms with Gasteiger partial charge in [0.2, 0.25) is 5.91 Å². The van der Waals surface area contributed by atoms with E-state index < -0.39 is 16.5 Å². The summed E-state index contributed by atoms with van der Waals surface area (Å²) in [7, 11) is 0. The summed E-state index contributed by atoms with van der Waals surface area (Å²) >= 11 is 0. The number of likely N-dealkylation sites (tertiary alicyclic amines) is 1. The topological polar surface area (TPSA) is 139 Å². The van der Waals surface area contributed by atoms with Gasteiger partial charge in [-0.1, -0.05) is 0 Å². The number of nitro groups is 1. The Balaban J connectivity index is 1.66. The van der Waals surface area contributed by atoms with Crippen molar-refractivity contribution in [2.75, 3.05) is 13.1 Å². The van der Waals surface area contributed by atoms with Gasteiger partial charge in [-0.3, -0.25) is 29.7 Å². The third-order valence-electron chi connectivity index (χ3n) is 4.80. The highest BCUT2D eigenvalue weighted by molar-refractivity contribution is 6.07. The first-order valence-electron chi connectivity index (χ1n) is 7.83. The summed E-state index contributed by atoms with van der Waals surface area (Å²) in [5.74, 6) is -0.598. The number of amides is 4. The number of imide groups is 1. The van der Waals surface area contributed by atoms with Crippen LogP contribution in [0.5, 0.6) is 0 Å². The first-order chi connectivity index (χ1) is 11.7. The van der Waals surface area contributed by atoms with E-state index in [0.29, 0.717) is 31.6 Å². The Morgan fingerprint density at radius 1 is 1.32 bits per heavy atom. The number of carbonyl (C=O) groups is 3. The third kappa shape index (κ3) is 2.81. The molecular formula is C14H18N6O5. The van der Waals surface area contributed by atoms with Gasteiger partial charge in [-0.15, -0.1) is 0 Å². The van der Waals surface area contributed by atoms with Crippen molar-refractivity contribution in [3.05, 3.63) is 21.5 Å². The normalized spacial score (nSPS) is 19.0. The lowest BCUT2D eigenvalue weighted by molar-refractivity contribution is -0.386. The zero-order valence-corrected chi connectivity index (χ0v) is 13.9. The van der Waals surface area contributed by atoms with E-state index in [1.807, 2.05) is 0 Å². The van der Waals surface area contributed by atoms with Crippen LogP contribution in [0.4, 0.5) is 10.5 Å². The van der Waals surface area contributed by atoms with Gasteiger partial charge in [0.1, 0.15) is 23.5 Å². The second-order valence-electron chi connectivity index (χ2n) is 6.31. The number of aryl methyl sites for hydroxylation is 1. The van der Waals surface area contributed by atoms with E-state index in [9.17, 15) is 24.5 Å². The molecule has 0 radical (unpaired) electrons. The van der Waals surface area contributed by atoms with E-state index in [0.717, 1.165) is 0 Å². The monoisotopic (exact) mass is 350 g/mol. The van der Waals surface area contributed by atoms with Crippen LogP contribution in [0.25, 0.3) is 0 Å². The molecule has 0 aliphatic carbocycles. The molecule has 1 aromatic rings. The predicted molar refractivity (Wildman–Crippen MR) is 83.6 cm³/mol. The van der Waals surface area contributed by atoms with E-state index in [4.69, 9.17) is 0 Å². The van der Waals surface area contributed by atoms with Crippen LogP contribution >= 0.6 is 0 Å². The number of urea groups is 1. The Labute approximate surface area is 142 Å². The van der Waals surface area contributed by atoms with E-state index in [2.05, 4.69) is 15.7 Å². The number of piperidine rings is 1. The highest BCUT2D eigenvalue weighted by atomic mass is 16.6. The Bertz CT molecular complexity index is 777. The van der Waals surface area contributed by atoms with Crippen molar-refractivity contribution >= 4 is 23.5 Å². The fourth-order valence-corrected chi connectivity index (χ4v) is 3.35. The molecule has 25 heavy (non-hydrogen) atoms. The van der Waals surface area contributed by atoms with Crippen molar-refractivity contribution in [3.8, 4) is 0 Å². The van der Waals surface area contributed by atoms with Crippen LogP contribution in [0.3, 0.4) is 0 Å². The number of hydrogen-bond acceptors (Lipinski definition) is 6. The number of hydrogen-bond donors (Lipinski definition) is 2.